The van der Waals surface area contributed by atoms with Crippen LogP contribution >= 0.6 is 39.3 Å². The average Bonchev–Trinajstić information content (AvgIpc) is 3.10. The molecule has 1 aliphatic heterocycles. The Morgan fingerprint density at radius 3 is 2.53 bits per heavy atom. The third-order valence-corrected chi connectivity index (χ3v) is 6.98. The summed E-state index contributed by atoms with van der Waals surface area (Å²) in [5.41, 5.74) is 2.84. The fraction of sp³-hybridized carbons (Fsp3) is 0.148. The SMILES string of the molecule is Cc1ccc(C)c(OCCN2C(=O)S/C(=C\c3cc(Br)ccc3OC(=O)c3ccc(Cl)cc3)C2=O)c1. The Kier molecular flexibility index (Phi) is 8.18. The molecule has 36 heavy (non-hydrogen) atoms. The Labute approximate surface area is 226 Å². The van der Waals surface area contributed by atoms with Gasteiger partial charge in [0.05, 0.1) is 17.0 Å². The molecule has 0 spiro atoms. The van der Waals surface area contributed by atoms with Gasteiger partial charge in [-0.15, -0.1) is 0 Å². The van der Waals surface area contributed by atoms with Crippen LogP contribution in [0.25, 0.3) is 6.08 Å². The van der Waals surface area contributed by atoms with E-state index in [1.807, 2.05) is 32.0 Å². The summed E-state index contributed by atoms with van der Waals surface area (Å²) in [7, 11) is 0. The molecule has 0 bridgehead atoms. The molecule has 1 saturated heterocycles. The number of amides is 2. The molecule has 3 aromatic carbocycles. The van der Waals surface area contributed by atoms with Gasteiger partial charge in [0, 0.05) is 15.1 Å². The number of aryl methyl sites for hydroxylation is 2. The lowest BCUT2D eigenvalue weighted by molar-refractivity contribution is -0.123. The number of ether oxygens (including phenoxy) is 2. The van der Waals surface area contributed by atoms with E-state index in [2.05, 4.69) is 15.9 Å². The van der Waals surface area contributed by atoms with Crippen LogP contribution in [-0.4, -0.2) is 35.2 Å². The molecule has 3 aromatic rings. The molecule has 0 radical (unpaired) electrons. The first kappa shape index (κ1) is 26.0. The van der Waals surface area contributed by atoms with Crippen molar-refractivity contribution in [3.05, 3.63) is 97.3 Å². The van der Waals surface area contributed by atoms with Gasteiger partial charge in [0.1, 0.15) is 18.1 Å². The van der Waals surface area contributed by atoms with Gasteiger partial charge in [0.25, 0.3) is 11.1 Å². The van der Waals surface area contributed by atoms with Gasteiger partial charge < -0.3 is 9.47 Å². The van der Waals surface area contributed by atoms with Gasteiger partial charge >= 0.3 is 5.97 Å². The van der Waals surface area contributed by atoms with Crippen molar-refractivity contribution in [2.45, 2.75) is 13.8 Å². The van der Waals surface area contributed by atoms with E-state index < -0.39 is 11.9 Å². The molecule has 1 aliphatic rings. The van der Waals surface area contributed by atoms with E-state index in [9.17, 15) is 14.4 Å². The van der Waals surface area contributed by atoms with Crippen molar-refractivity contribution in [2.75, 3.05) is 13.2 Å². The first-order valence-corrected chi connectivity index (χ1v) is 12.9. The molecular weight excluding hydrogens is 566 g/mol. The van der Waals surface area contributed by atoms with E-state index in [1.54, 1.807) is 48.5 Å². The summed E-state index contributed by atoms with van der Waals surface area (Å²) in [6, 6.07) is 17.2. The first-order chi connectivity index (χ1) is 17.2. The number of thioether (sulfide) groups is 1. The lowest BCUT2D eigenvalue weighted by Gasteiger charge is -2.14. The molecular formula is C27H21BrClNO5S. The number of imide groups is 1. The number of halogens is 2. The Bertz CT molecular complexity index is 1370. The Morgan fingerprint density at radius 2 is 1.78 bits per heavy atom. The van der Waals surface area contributed by atoms with Crippen molar-refractivity contribution in [1.82, 2.24) is 4.90 Å². The second kappa shape index (κ2) is 11.3. The van der Waals surface area contributed by atoms with Crippen molar-refractivity contribution < 1.29 is 23.9 Å². The smallest absolute Gasteiger partial charge is 0.343 e. The number of esters is 1. The third kappa shape index (κ3) is 6.19. The predicted molar refractivity (Wildman–Crippen MR) is 145 cm³/mol. The maximum atomic E-state index is 13.0. The molecule has 1 heterocycles. The Balaban J connectivity index is 1.48. The molecule has 1 fully saturated rings. The molecule has 0 N–H and O–H groups in total. The minimum atomic E-state index is -0.569. The Morgan fingerprint density at radius 1 is 1.03 bits per heavy atom. The summed E-state index contributed by atoms with van der Waals surface area (Å²) in [6.07, 6.45) is 1.55. The van der Waals surface area contributed by atoms with Crippen LogP contribution in [-0.2, 0) is 4.79 Å². The van der Waals surface area contributed by atoms with Gasteiger partial charge in [-0.05, 0) is 91.3 Å². The monoisotopic (exact) mass is 585 g/mol. The largest absolute Gasteiger partial charge is 0.491 e. The van der Waals surface area contributed by atoms with Gasteiger partial charge in [0.2, 0.25) is 0 Å². The summed E-state index contributed by atoms with van der Waals surface area (Å²) in [4.78, 5) is 39.5. The maximum Gasteiger partial charge on any atom is 0.343 e. The first-order valence-electron chi connectivity index (χ1n) is 10.9. The molecule has 0 atom stereocenters. The fourth-order valence-electron chi connectivity index (χ4n) is 3.41. The topological polar surface area (TPSA) is 72.9 Å². The molecule has 0 aliphatic carbocycles. The molecule has 0 saturated carbocycles. The zero-order valence-electron chi connectivity index (χ0n) is 19.4. The van der Waals surface area contributed by atoms with Crippen LogP contribution in [0.1, 0.15) is 27.0 Å². The van der Waals surface area contributed by atoms with Crippen LogP contribution in [0.3, 0.4) is 0 Å². The quantitative estimate of drug-likeness (QED) is 0.168. The van der Waals surface area contributed by atoms with E-state index in [0.717, 1.165) is 38.0 Å². The van der Waals surface area contributed by atoms with Crippen molar-refractivity contribution in [3.8, 4) is 11.5 Å². The average molecular weight is 587 g/mol. The van der Waals surface area contributed by atoms with Crippen LogP contribution in [0.5, 0.6) is 11.5 Å². The molecule has 6 nitrogen and oxygen atoms in total. The zero-order valence-corrected chi connectivity index (χ0v) is 22.6. The summed E-state index contributed by atoms with van der Waals surface area (Å²) >= 11 is 10.1. The number of nitrogens with zero attached hydrogens (tertiary/aromatic N) is 1. The number of rotatable bonds is 7. The fourth-order valence-corrected chi connectivity index (χ4v) is 4.77. The van der Waals surface area contributed by atoms with E-state index in [0.29, 0.717) is 16.1 Å². The highest BCUT2D eigenvalue weighted by Gasteiger charge is 2.35. The van der Waals surface area contributed by atoms with Crippen molar-refractivity contribution in [2.24, 2.45) is 0 Å². The molecule has 0 aromatic heterocycles. The van der Waals surface area contributed by atoms with Crippen LogP contribution in [0, 0.1) is 13.8 Å². The van der Waals surface area contributed by atoms with Gasteiger partial charge in [0.15, 0.2) is 0 Å². The standard InChI is InChI=1S/C27H21BrClNO5S/c1-16-3-4-17(2)23(13-16)34-12-11-30-25(31)24(36-27(30)33)15-19-14-20(28)7-10-22(19)35-26(32)18-5-8-21(29)9-6-18/h3-10,13-15H,11-12H2,1-2H3/b24-15-. The number of carbonyl (C=O) groups excluding carboxylic acids is 3. The highest BCUT2D eigenvalue weighted by molar-refractivity contribution is 9.10. The highest BCUT2D eigenvalue weighted by Crippen LogP contribution is 2.35. The van der Waals surface area contributed by atoms with Crippen LogP contribution in [0.15, 0.2) is 70.0 Å². The summed E-state index contributed by atoms with van der Waals surface area (Å²) in [6.45, 7) is 4.20. The number of hydrogen-bond acceptors (Lipinski definition) is 6. The van der Waals surface area contributed by atoms with Gasteiger partial charge in [-0.25, -0.2) is 4.79 Å². The minimum absolute atomic E-state index is 0.117. The summed E-state index contributed by atoms with van der Waals surface area (Å²) in [5, 5.41) is 0.122. The van der Waals surface area contributed by atoms with E-state index >= 15 is 0 Å². The van der Waals surface area contributed by atoms with Crippen LogP contribution in [0.4, 0.5) is 4.79 Å². The lowest BCUT2D eigenvalue weighted by atomic mass is 10.1. The zero-order chi connectivity index (χ0) is 25.8. The molecule has 4 rings (SSSR count). The van der Waals surface area contributed by atoms with E-state index in [1.165, 1.54) is 0 Å². The van der Waals surface area contributed by atoms with Crippen LogP contribution in [0.2, 0.25) is 5.02 Å². The van der Waals surface area contributed by atoms with Crippen molar-refractivity contribution in [1.29, 1.82) is 0 Å². The minimum Gasteiger partial charge on any atom is -0.491 e. The molecule has 0 unspecified atom stereocenters. The second-order valence-corrected chi connectivity index (χ2v) is 10.4. The van der Waals surface area contributed by atoms with Crippen molar-refractivity contribution in [3.63, 3.8) is 0 Å². The summed E-state index contributed by atoms with van der Waals surface area (Å²) in [5.74, 6) is -0.0214. The molecule has 184 valence electrons. The third-order valence-electron chi connectivity index (χ3n) is 5.33. The second-order valence-electron chi connectivity index (χ2n) is 8.03. The summed E-state index contributed by atoms with van der Waals surface area (Å²) < 4.78 is 12.1. The van der Waals surface area contributed by atoms with Gasteiger partial charge in [-0.2, -0.15) is 0 Å². The Hall–Kier alpha value is -3.07. The highest BCUT2D eigenvalue weighted by atomic mass is 79.9. The predicted octanol–water partition coefficient (Wildman–Crippen LogP) is 7.05. The van der Waals surface area contributed by atoms with E-state index in [4.69, 9.17) is 21.1 Å². The number of carbonyl (C=O) groups is 3. The molecule has 2 amide bonds. The lowest BCUT2D eigenvalue weighted by Crippen LogP contribution is -2.32. The maximum absolute atomic E-state index is 13.0. The number of hydrogen-bond donors (Lipinski definition) is 0. The van der Waals surface area contributed by atoms with E-state index in [-0.39, 0.29) is 29.0 Å². The van der Waals surface area contributed by atoms with Gasteiger partial charge in [-0.3, -0.25) is 14.5 Å². The van der Waals surface area contributed by atoms with Crippen LogP contribution < -0.4 is 9.47 Å². The molecule has 9 heteroatoms. The normalized spacial score (nSPS) is 14.4. The van der Waals surface area contributed by atoms with Gasteiger partial charge in [-0.1, -0.05) is 39.7 Å². The number of benzene rings is 3. The van der Waals surface area contributed by atoms with Crippen molar-refractivity contribution >= 4 is 62.5 Å².